The van der Waals surface area contributed by atoms with Crippen LogP contribution in [0.2, 0.25) is 0 Å². The lowest BCUT2D eigenvalue weighted by molar-refractivity contribution is -0.384. The van der Waals surface area contributed by atoms with Crippen LogP contribution >= 0.6 is 11.3 Å². The van der Waals surface area contributed by atoms with Gasteiger partial charge in [-0.15, -0.1) is 0 Å². The number of benzene rings is 2. The monoisotopic (exact) mass is 509 g/mol. The number of fused-ring (bicyclic) bond motifs is 1. The van der Waals surface area contributed by atoms with Crippen molar-refractivity contribution < 1.29 is 23.9 Å². The summed E-state index contributed by atoms with van der Waals surface area (Å²) in [5, 5.41) is 11.0. The van der Waals surface area contributed by atoms with Gasteiger partial charge in [-0.2, -0.15) is 0 Å². The first-order valence-electron chi connectivity index (χ1n) is 10.9. The van der Waals surface area contributed by atoms with Gasteiger partial charge in [0.2, 0.25) is 0 Å². The molecule has 1 aliphatic rings. The molecule has 2 aromatic carbocycles. The minimum absolute atomic E-state index is 0.0464. The maximum Gasteiger partial charge on any atom is 0.338 e. The Morgan fingerprint density at radius 2 is 1.92 bits per heavy atom. The fourth-order valence-corrected chi connectivity index (χ4v) is 5.02. The Morgan fingerprint density at radius 1 is 1.19 bits per heavy atom. The van der Waals surface area contributed by atoms with Gasteiger partial charge in [0, 0.05) is 23.8 Å². The normalized spacial score (nSPS) is 15.2. The third kappa shape index (κ3) is 4.52. The zero-order chi connectivity index (χ0) is 26.0. The van der Waals surface area contributed by atoms with E-state index in [0.29, 0.717) is 37.7 Å². The van der Waals surface area contributed by atoms with Gasteiger partial charge in [-0.3, -0.25) is 19.5 Å². The largest absolute Gasteiger partial charge is 0.497 e. The summed E-state index contributed by atoms with van der Waals surface area (Å²) in [5.41, 5.74) is 1.43. The van der Waals surface area contributed by atoms with Gasteiger partial charge in [0.25, 0.3) is 11.2 Å². The van der Waals surface area contributed by atoms with Crippen LogP contribution < -0.4 is 24.4 Å². The minimum Gasteiger partial charge on any atom is -0.497 e. The minimum atomic E-state index is -0.847. The fourth-order valence-electron chi connectivity index (χ4n) is 3.97. The van der Waals surface area contributed by atoms with E-state index in [1.165, 1.54) is 30.9 Å². The summed E-state index contributed by atoms with van der Waals surface area (Å²) < 4.78 is 18.0. The van der Waals surface area contributed by atoms with E-state index < -0.39 is 16.9 Å². The number of non-ortho nitro benzene ring substituents is 1. The zero-order valence-corrected chi connectivity index (χ0v) is 20.8. The molecule has 1 aliphatic heterocycles. The Kier molecular flexibility index (Phi) is 7.02. The molecule has 0 bridgehead atoms. The average molecular weight is 510 g/mol. The van der Waals surface area contributed by atoms with E-state index in [1.807, 2.05) is 0 Å². The molecule has 0 spiro atoms. The third-order valence-corrected chi connectivity index (χ3v) is 6.64. The molecule has 36 heavy (non-hydrogen) atoms. The first-order chi connectivity index (χ1) is 17.3. The number of allylic oxidation sites excluding steroid dienone is 1. The van der Waals surface area contributed by atoms with Crippen molar-refractivity contribution in [2.24, 2.45) is 4.99 Å². The van der Waals surface area contributed by atoms with Gasteiger partial charge < -0.3 is 14.2 Å². The number of ether oxygens (including phenoxy) is 3. The zero-order valence-electron chi connectivity index (χ0n) is 20.0. The standard InChI is InChI=1S/C25H23N3O7S/c1-5-35-24(30)21-14(2)26-25-27(22(21)18-11-10-17(33-3)13-19(18)34-4)23(29)20(36-25)12-15-6-8-16(9-7-15)28(31)32/h6-13,22H,5H2,1-4H3. The number of carbonyl (C=O) groups excluding carboxylic acids is 1. The Bertz CT molecular complexity index is 1550. The number of nitrogens with zero attached hydrogens (tertiary/aromatic N) is 3. The Balaban J connectivity index is 1.95. The predicted octanol–water partition coefficient (Wildman–Crippen LogP) is 2.72. The van der Waals surface area contributed by atoms with Gasteiger partial charge in [0.05, 0.1) is 41.6 Å². The van der Waals surface area contributed by atoms with Gasteiger partial charge >= 0.3 is 5.97 Å². The number of nitro benzene ring substituents is 1. The molecular formula is C25H23N3O7S. The van der Waals surface area contributed by atoms with Crippen LogP contribution in [-0.4, -0.2) is 36.3 Å². The van der Waals surface area contributed by atoms with Crippen molar-refractivity contribution in [3.63, 3.8) is 0 Å². The van der Waals surface area contributed by atoms with E-state index in [1.54, 1.807) is 50.3 Å². The molecule has 1 aromatic heterocycles. The summed E-state index contributed by atoms with van der Waals surface area (Å²) in [7, 11) is 3.03. The fraction of sp³-hybridized carbons (Fsp3) is 0.240. The summed E-state index contributed by atoms with van der Waals surface area (Å²) in [4.78, 5) is 42.1. The molecule has 0 radical (unpaired) electrons. The summed E-state index contributed by atoms with van der Waals surface area (Å²) in [6.45, 7) is 3.56. The Hall–Kier alpha value is -4.25. The van der Waals surface area contributed by atoms with E-state index in [4.69, 9.17) is 14.2 Å². The van der Waals surface area contributed by atoms with Crippen LogP contribution in [0, 0.1) is 10.1 Å². The molecule has 0 amide bonds. The third-order valence-electron chi connectivity index (χ3n) is 5.65. The van der Waals surface area contributed by atoms with E-state index in [-0.39, 0.29) is 23.4 Å². The van der Waals surface area contributed by atoms with E-state index in [9.17, 15) is 19.7 Å². The summed E-state index contributed by atoms with van der Waals surface area (Å²) in [6.07, 6.45) is 1.64. The molecule has 186 valence electrons. The Morgan fingerprint density at radius 3 is 2.53 bits per heavy atom. The molecule has 3 aromatic rings. The number of aromatic nitrogens is 1. The molecule has 4 rings (SSSR count). The summed E-state index contributed by atoms with van der Waals surface area (Å²) in [6, 6.07) is 10.2. The van der Waals surface area contributed by atoms with Crippen LogP contribution in [0.4, 0.5) is 5.69 Å². The van der Waals surface area contributed by atoms with E-state index >= 15 is 0 Å². The highest BCUT2D eigenvalue weighted by Crippen LogP contribution is 2.37. The van der Waals surface area contributed by atoms with Gasteiger partial charge in [-0.1, -0.05) is 11.3 Å². The van der Waals surface area contributed by atoms with Gasteiger partial charge in [-0.05, 0) is 49.8 Å². The molecule has 0 saturated heterocycles. The van der Waals surface area contributed by atoms with Crippen molar-refractivity contribution in [1.29, 1.82) is 0 Å². The summed E-state index contributed by atoms with van der Waals surface area (Å²) >= 11 is 1.16. The first kappa shape index (κ1) is 24.9. The first-order valence-corrected chi connectivity index (χ1v) is 11.8. The highest BCUT2D eigenvalue weighted by Gasteiger charge is 2.35. The van der Waals surface area contributed by atoms with Crippen LogP contribution in [-0.2, 0) is 9.53 Å². The van der Waals surface area contributed by atoms with Crippen molar-refractivity contribution in [2.45, 2.75) is 19.9 Å². The highest BCUT2D eigenvalue weighted by molar-refractivity contribution is 7.07. The second kappa shape index (κ2) is 10.2. The SMILES string of the molecule is CCOC(=O)C1=C(C)N=c2sc(=Cc3ccc([N+](=O)[O-])cc3)c(=O)n2C1c1ccc(OC)cc1OC. The molecule has 1 unspecified atom stereocenters. The maximum absolute atomic E-state index is 13.7. The topological polar surface area (TPSA) is 122 Å². The summed E-state index contributed by atoms with van der Waals surface area (Å²) in [5.74, 6) is 0.409. The van der Waals surface area contributed by atoms with Crippen LogP contribution in [0.3, 0.4) is 0 Å². The molecular weight excluding hydrogens is 486 g/mol. The second-order valence-corrected chi connectivity index (χ2v) is 8.77. The molecule has 0 fully saturated rings. The van der Waals surface area contributed by atoms with Crippen molar-refractivity contribution in [3.05, 3.63) is 94.7 Å². The number of thiazole rings is 1. The number of methoxy groups -OCH3 is 2. The number of rotatable bonds is 7. The van der Waals surface area contributed by atoms with Crippen LogP contribution in [0.25, 0.3) is 6.08 Å². The molecule has 11 heteroatoms. The van der Waals surface area contributed by atoms with Gasteiger partial charge in [0.15, 0.2) is 4.80 Å². The smallest absolute Gasteiger partial charge is 0.338 e. The molecule has 2 heterocycles. The van der Waals surface area contributed by atoms with Crippen molar-refractivity contribution >= 4 is 29.1 Å². The molecule has 10 nitrogen and oxygen atoms in total. The van der Waals surface area contributed by atoms with E-state index in [0.717, 1.165) is 11.3 Å². The van der Waals surface area contributed by atoms with Crippen LogP contribution in [0.15, 0.2) is 63.5 Å². The van der Waals surface area contributed by atoms with E-state index in [2.05, 4.69) is 4.99 Å². The lowest BCUT2D eigenvalue weighted by atomic mass is 9.95. The average Bonchev–Trinajstić information content (AvgIpc) is 3.17. The number of hydrogen-bond acceptors (Lipinski definition) is 9. The van der Waals surface area contributed by atoms with Crippen molar-refractivity contribution in [2.75, 3.05) is 20.8 Å². The number of nitro groups is 1. The molecule has 0 N–H and O–H groups in total. The lowest BCUT2D eigenvalue weighted by Gasteiger charge is -2.26. The van der Waals surface area contributed by atoms with Gasteiger partial charge in [-0.25, -0.2) is 9.79 Å². The molecule has 0 aliphatic carbocycles. The van der Waals surface area contributed by atoms with Crippen molar-refractivity contribution in [3.8, 4) is 11.5 Å². The lowest BCUT2D eigenvalue weighted by Crippen LogP contribution is -2.40. The number of esters is 1. The van der Waals surface area contributed by atoms with Crippen molar-refractivity contribution in [1.82, 2.24) is 4.57 Å². The van der Waals surface area contributed by atoms with Crippen LogP contribution in [0.1, 0.15) is 31.0 Å². The number of carbonyl (C=O) groups is 1. The van der Waals surface area contributed by atoms with Crippen LogP contribution in [0.5, 0.6) is 11.5 Å². The molecule has 1 atom stereocenters. The predicted molar refractivity (Wildman–Crippen MR) is 133 cm³/mol. The number of hydrogen-bond donors (Lipinski definition) is 0. The Labute approximate surface area is 209 Å². The second-order valence-electron chi connectivity index (χ2n) is 7.76. The quantitative estimate of drug-likeness (QED) is 0.273. The molecule has 0 saturated carbocycles. The van der Waals surface area contributed by atoms with Gasteiger partial charge in [0.1, 0.15) is 17.5 Å². The maximum atomic E-state index is 13.7. The highest BCUT2D eigenvalue weighted by atomic mass is 32.1.